The van der Waals surface area contributed by atoms with Gasteiger partial charge in [0.05, 0.1) is 28.7 Å². The third-order valence-corrected chi connectivity index (χ3v) is 5.17. The van der Waals surface area contributed by atoms with E-state index in [0.29, 0.717) is 11.4 Å². The maximum atomic E-state index is 12.6. The van der Waals surface area contributed by atoms with Gasteiger partial charge in [0.25, 0.3) is 10.0 Å². The molecule has 0 fully saturated rings. The summed E-state index contributed by atoms with van der Waals surface area (Å²) in [5, 5.41) is 0. The van der Waals surface area contributed by atoms with E-state index in [1.54, 1.807) is 44.4 Å². The Labute approximate surface area is 140 Å². The third kappa shape index (κ3) is 3.07. The molecule has 0 radical (unpaired) electrons. The molecule has 0 atom stereocenters. The summed E-state index contributed by atoms with van der Waals surface area (Å²) in [7, 11) is -2.11. The minimum Gasteiger partial charge on any atom is -0.496 e. The fraction of sp³-hybridized carbons (Fsp3) is 0.235. The average molecular weight is 345 g/mol. The third-order valence-electron chi connectivity index (χ3n) is 3.79. The number of ether oxygens (including phenoxy) is 1. The number of hydrogen-bond donors (Lipinski definition) is 2. The van der Waals surface area contributed by atoms with Crippen LogP contribution in [0.15, 0.2) is 41.3 Å². The van der Waals surface area contributed by atoms with E-state index >= 15 is 0 Å². The average Bonchev–Trinajstić information content (AvgIpc) is 2.96. The van der Waals surface area contributed by atoms with E-state index in [4.69, 9.17) is 4.74 Å². The van der Waals surface area contributed by atoms with Crippen LogP contribution in [-0.4, -0.2) is 25.5 Å². The molecule has 6 nitrogen and oxygen atoms in total. The minimum atomic E-state index is -3.67. The van der Waals surface area contributed by atoms with Crippen molar-refractivity contribution < 1.29 is 13.2 Å². The van der Waals surface area contributed by atoms with Gasteiger partial charge in [0.15, 0.2) is 0 Å². The summed E-state index contributed by atoms with van der Waals surface area (Å²) < 4.78 is 32.9. The molecule has 2 aromatic carbocycles. The maximum Gasteiger partial charge on any atom is 0.261 e. The van der Waals surface area contributed by atoms with Crippen molar-refractivity contribution in [2.45, 2.75) is 25.2 Å². The molecule has 3 aromatic rings. The molecule has 1 aromatic heterocycles. The van der Waals surface area contributed by atoms with Crippen molar-refractivity contribution in [3.8, 4) is 5.75 Å². The highest BCUT2D eigenvalue weighted by Crippen LogP contribution is 2.24. The lowest BCUT2D eigenvalue weighted by Crippen LogP contribution is -2.13. The predicted molar refractivity (Wildman–Crippen MR) is 94.0 cm³/mol. The monoisotopic (exact) mass is 345 g/mol. The van der Waals surface area contributed by atoms with Crippen molar-refractivity contribution in [3.63, 3.8) is 0 Å². The van der Waals surface area contributed by atoms with Gasteiger partial charge >= 0.3 is 0 Å². The summed E-state index contributed by atoms with van der Waals surface area (Å²) in [6.07, 6.45) is 0.793. The van der Waals surface area contributed by atoms with Gasteiger partial charge in [-0.1, -0.05) is 6.92 Å². The number of aromatic nitrogens is 2. The first kappa shape index (κ1) is 16.3. The van der Waals surface area contributed by atoms with Gasteiger partial charge in [-0.15, -0.1) is 0 Å². The topological polar surface area (TPSA) is 84.1 Å². The lowest BCUT2D eigenvalue weighted by Gasteiger charge is -2.10. The normalized spacial score (nSPS) is 11.6. The second kappa shape index (κ2) is 6.16. The molecule has 2 N–H and O–H groups in total. The highest BCUT2D eigenvalue weighted by molar-refractivity contribution is 7.92. The number of benzene rings is 2. The molecule has 24 heavy (non-hydrogen) atoms. The molecule has 126 valence electrons. The SMILES string of the molecule is CCc1nc2ccc(NS(=O)(=O)c3ccc(OC)c(C)c3)cc2[nH]1. The highest BCUT2D eigenvalue weighted by atomic mass is 32.2. The zero-order chi connectivity index (χ0) is 17.3. The smallest absolute Gasteiger partial charge is 0.261 e. The zero-order valence-electron chi connectivity index (χ0n) is 13.8. The van der Waals surface area contributed by atoms with Crippen LogP contribution in [0.2, 0.25) is 0 Å². The second-order valence-electron chi connectivity index (χ2n) is 5.51. The van der Waals surface area contributed by atoms with Crippen LogP contribution in [0.1, 0.15) is 18.3 Å². The van der Waals surface area contributed by atoms with E-state index in [-0.39, 0.29) is 4.90 Å². The Morgan fingerprint density at radius 1 is 1.21 bits per heavy atom. The summed E-state index contributed by atoms with van der Waals surface area (Å²) in [5.74, 6) is 1.52. The Kier molecular flexibility index (Phi) is 4.19. The van der Waals surface area contributed by atoms with Gasteiger partial charge in [0.1, 0.15) is 11.6 Å². The lowest BCUT2D eigenvalue weighted by atomic mass is 10.2. The minimum absolute atomic E-state index is 0.194. The Morgan fingerprint density at radius 3 is 2.67 bits per heavy atom. The summed E-state index contributed by atoms with van der Waals surface area (Å²) in [5.41, 5.74) is 2.87. The van der Waals surface area contributed by atoms with Crippen LogP contribution in [0.4, 0.5) is 5.69 Å². The van der Waals surface area contributed by atoms with E-state index in [2.05, 4.69) is 14.7 Å². The number of nitrogens with zero attached hydrogens (tertiary/aromatic N) is 1. The van der Waals surface area contributed by atoms with Crippen LogP contribution >= 0.6 is 0 Å². The number of rotatable bonds is 5. The van der Waals surface area contributed by atoms with Crippen LogP contribution in [-0.2, 0) is 16.4 Å². The van der Waals surface area contributed by atoms with Crippen molar-refractivity contribution in [1.82, 2.24) is 9.97 Å². The van der Waals surface area contributed by atoms with Crippen LogP contribution in [0, 0.1) is 6.92 Å². The maximum absolute atomic E-state index is 12.6. The predicted octanol–water partition coefficient (Wildman–Crippen LogP) is 3.24. The van der Waals surface area contributed by atoms with E-state index in [1.807, 2.05) is 6.92 Å². The molecule has 0 aliphatic heterocycles. The molecule has 0 saturated heterocycles. The fourth-order valence-electron chi connectivity index (χ4n) is 2.53. The largest absolute Gasteiger partial charge is 0.496 e. The Balaban J connectivity index is 1.92. The van der Waals surface area contributed by atoms with Crippen LogP contribution in [0.5, 0.6) is 5.75 Å². The summed E-state index contributed by atoms with van der Waals surface area (Å²) in [4.78, 5) is 7.78. The van der Waals surface area contributed by atoms with Crippen molar-refractivity contribution in [2.24, 2.45) is 0 Å². The van der Waals surface area contributed by atoms with E-state index in [9.17, 15) is 8.42 Å². The number of aryl methyl sites for hydroxylation is 2. The van der Waals surface area contributed by atoms with Crippen LogP contribution in [0.25, 0.3) is 11.0 Å². The first-order chi connectivity index (χ1) is 11.4. The number of sulfonamides is 1. The molecule has 1 heterocycles. The molecular weight excluding hydrogens is 326 g/mol. The summed E-state index contributed by atoms with van der Waals surface area (Å²) in [6, 6.07) is 10.0. The van der Waals surface area contributed by atoms with Gasteiger partial charge in [-0.3, -0.25) is 4.72 Å². The molecule has 0 unspecified atom stereocenters. The van der Waals surface area contributed by atoms with E-state index in [1.165, 1.54) is 6.07 Å². The molecule has 0 bridgehead atoms. The van der Waals surface area contributed by atoms with Crippen molar-refractivity contribution in [2.75, 3.05) is 11.8 Å². The Bertz CT molecular complexity index is 993. The number of hydrogen-bond acceptors (Lipinski definition) is 4. The highest BCUT2D eigenvalue weighted by Gasteiger charge is 2.16. The molecule has 0 saturated carbocycles. The van der Waals surface area contributed by atoms with Crippen molar-refractivity contribution >= 4 is 26.7 Å². The lowest BCUT2D eigenvalue weighted by molar-refractivity contribution is 0.411. The zero-order valence-corrected chi connectivity index (χ0v) is 14.6. The van der Waals surface area contributed by atoms with Gasteiger partial charge in [0, 0.05) is 6.42 Å². The van der Waals surface area contributed by atoms with Gasteiger partial charge < -0.3 is 9.72 Å². The number of methoxy groups -OCH3 is 1. The number of imidazole rings is 1. The van der Waals surface area contributed by atoms with E-state index in [0.717, 1.165) is 28.8 Å². The molecule has 3 rings (SSSR count). The summed E-state index contributed by atoms with van der Waals surface area (Å²) >= 11 is 0. The number of anilines is 1. The number of nitrogens with one attached hydrogen (secondary N) is 2. The molecule has 0 spiro atoms. The quantitative estimate of drug-likeness (QED) is 0.743. The number of aromatic amines is 1. The number of fused-ring (bicyclic) bond motifs is 1. The van der Waals surface area contributed by atoms with Crippen LogP contribution in [0.3, 0.4) is 0 Å². The summed E-state index contributed by atoms with van der Waals surface area (Å²) in [6.45, 7) is 3.81. The standard InChI is InChI=1S/C17H19N3O3S/c1-4-17-18-14-7-5-12(10-15(14)19-17)20-24(21,22)13-6-8-16(23-3)11(2)9-13/h5-10,20H,4H2,1-3H3,(H,18,19). The molecule has 0 amide bonds. The van der Waals surface area contributed by atoms with Gasteiger partial charge in [-0.2, -0.15) is 0 Å². The van der Waals surface area contributed by atoms with Crippen LogP contribution < -0.4 is 9.46 Å². The van der Waals surface area contributed by atoms with Crippen molar-refractivity contribution in [3.05, 3.63) is 47.8 Å². The fourth-order valence-corrected chi connectivity index (χ4v) is 3.66. The van der Waals surface area contributed by atoms with Gasteiger partial charge in [-0.05, 0) is 48.9 Å². The Morgan fingerprint density at radius 2 is 2.00 bits per heavy atom. The molecular formula is C17H19N3O3S. The molecule has 0 aliphatic rings. The van der Waals surface area contributed by atoms with Crippen molar-refractivity contribution in [1.29, 1.82) is 0 Å². The first-order valence-electron chi connectivity index (χ1n) is 7.59. The van der Waals surface area contributed by atoms with Gasteiger partial charge in [0.2, 0.25) is 0 Å². The Hall–Kier alpha value is -2.54. The second-order valence-corrected chi connectivity index (χ2v) is 7.19. The first-order valence-corrected chi connectivity index (χ1v) is 9.07. The van der Waals surface area contributed by atoms with E-state index < -0.39 is 10.0 Å². The molecule has 0 aliphatic carbocycles. The molecule has 7 heteroatoms. The number of H-pyrrole nitrogens is 1. The van der Waals surface area contributed by atoms with Gasteiger partial charge in [-0.25, -0.2) is 13.4 Å².